The maximum Gasteiger partial charge on any atom is 0.263 e. The lowest BCUT2D eigenvalue weighted by Crippen LogP contribution is -2.17. The number of benzene rings is 2. The number of rotatable bonds is 7. The number of nitrogens with one attached hydrogen (secondary N) is 1. The monoisotopic (exact) mass is 385 g/mol. The fraction of sp³-hybridized carbons (Fsp3) is 0.200. The number of carbonyl (C=O) groups excluding carboxylic acids is 1. The molecule has 1 N–H and O–H groups in total. The van der Waals surface area contributed by atoms with Gasteiger partial charge in [-0.15, -0.1) is 0 Å². The first-order valence-electron chi connectivity index (χ1n) is 8.28. The SMILES string of the molecule is Cc1cccc(OCCCOc2ccccc2/C=C2\SC(=S)NC2=O)c1. The Morgan fingerprint density at radius 1 is 1.12 bits per heavy atom. The van der Waals surface area contributed by atoms with Crippen molar-refractivity contribution in [3.05, 3.63) is 64.6 Å². The molecule has 2 aromatic rings. The van der Waals surface area contributed by atoms with Gasteiger partial charge in [-0.25, -0.2) is 0 Å². The molecule has 0 radical (unpaired) electrons. The van der Waals surface area contributed by atoms with Gasteiger partial charge in [-0.2, -0.15) is 0 Å². The standard InChI is InChI=1S/C20H19NO3S2/c1-14-6-4-8-16(12-14)23-10-5-11-24-17-9-3-2-7-15(17)13-18-19(22)21-20(25)26-18/h2-4,6-9,12-13H,5,10-11H2,1H3,(H,21,22,25)/b18-13-. The average molecular weight is 386 g/mol. The molecule has 1 amide bonds. The number of amides is 1. The molecule has 0 bridgehead atoms. The van der Waals surface area contributed by atoms with Crippen LogP contribution in [0.5, 0.6) is 11.5 Å². The molecule has 1 fully saturated rings. The molecule has 1 aliphatic rings. The molecule has 3 rings (SSSR count). The second-order valence-electron chi connectivity index (χ2n) is 5.76. The second-order valence-corrected chi connectivity index (χ2v) is 7.48. The summed E-state index contributed by atoms with van der Waals surface area (Å²) in [4.78, 5) is 12.4. The van der Waals surface area contributed by atoms with Gasteiger partial charge < -0.3 is 14.8 Å². The van der Waals surface area contributed by atoms with Gasteiger partial charge in [0.1, 0.15) is 15.8 Å². The number of carbonyl (C=O) groups is 1. The summed E-state index contributed by atoms with van der Waals surface area (Å²) in [6.07, 6.45) is 2.57. The third-order valence-electron chi connectivity index (χ3n) is 3.65. The molecule has 2 aromatic carbocycles. The Balaban J connectivity index is 1.53. The van der Waals surface area contributed by atoms with Crippen molar-refractivity contribution in [3.8, 4) is 11.5 Å². The Morgan fingerprint density at radius 3 is 2.69 bits per heavy atom. The largest absolute Gasteiger partial charge is 0.493 e. The fourth-order valence-electron chi connectivity index (χ4n) is 2.43. The normalized spacial score (nSPS) is 15.2. The van der Waals surface area contributed by atoms with Crippen LogP contribution in [-0.2, 0) is 4.79 Å². The van der Waals surface area contributed by atoms with Crippen LogP contribution in [0, 0.1) is 6.92 Å². The quantitative estimate of drug-likeness (QED) is 0.437. The molecule has 1 aliphatic heterocycles. The molecule has 1 heterocycles. The second kappa shape index (κ2) is 8.87. The third kappa shape index (κ3) is 5.09. The third-order valence-corrected chi connectivity index (χ3v) is 4.81. The number of thiocarbonyl (C=S) groups is 1. The summed E-state index contributed by atoms with van der Waals surface area (Å²) < 4.78 is 12.1. The maximum atomic E-state index is 11.8. The Hall–Kier alpha value is -2.31. The molecular formula is C20H19NO3S2. The minimum atomic E-state index is -0.165. The van der Waals surface area contributed by atoms with Crippen molar-refractivity contribution in [2.75, 3.05) is 13.2 Å². The van der Waals surface area contributed by atoms with Gasteiger partial charge in [0, 0.05) is 12.0 Å². The van der Waals surface area contributed by atoms with Crippen LogP contribution >= 0.6 is 24.0 Å². The van der Waals surface area contributed by atoms with Crippen molar-refractivity contribution in [1.29, 1.82) is 0 Å². The zero-order valence-electron chi connectivity index (χ0n) is 14.4. The molecule has 0 spiro atoms. The van der Waals surface area contributed by atoms with Crippen LogP contribution in [0.25, 0.3) is 6.08 Å². The van der Waals surface area contributed by atoms with E-state index in [0.717, 1.165) is 23.5 Å². The van der Waals surface area contributed by atoms with E-state index in [1.54, 1.807) is 6.08 Å². The van der Waals surface area contributed by atoms with E-state index >= 15 is 0 Å². The highest BCUT2D eigenvalue weighted by molar-refractivity contribution is 8.26. The van der Waals surface area contributed by atoms with Crippen LogP contribution in [0.15, 0.2) is 53.4 Å². The Kier molecular flexibility index (Phi) is 6.30. The fourth-order valence-corrected chi connectivity index (χ4v) is 3.46. The Labute approximate surface area is 162 Å². The highest BCUT2D eigenvalue weighted by Gasteiger charge is 2.22. The summed E-state index contributed by atoms with van der Waals surface area (Å²) >= 11 is 6.28. The molecule has 1 saturated heterocycles. The van der Waals surface area contributed by atoms with Crippen molar-refractivity contribution in [2.24, 2.45) is 0 Å². The molecule has 0 atom stereocenters. The number of aryl methyl sites for hydroxylation is 1. The molecule has 134 valence electrons. The van der Waals surface area contributed by atoms with E-state index in [1.807, 2.05) is 55.5 Å². The van der Waals surface area contributed by atoms with Crippen LogP contribution in [0.1, 0.15) is 17.5 Å². The highest BCUT2D eigenvalue weighted by Crippen LogP contribution is 2.29. The van der Waals surface area contributed by atoms with Crippen LogP contribution < -0.4 is 14.8 Å². The number of hydrogen-bond acceptors (Lipinski definition) is 5. The molecule has 0 aliphatic carbocycles. The number of hydrogen-bond donors (Lipinski definition) is 1. The average Bonchev–Trinajstić information content (AvgIpc) is 2.93. The summed E-state index contributed by atoms with van der Waals surface area (Å²) in [5.74, 6) is 1.44. The van der Waals surface area contributed by atoms with E-state index in [2.05, 4.69) is 5.32 Å². The number of para-hydroxylation sites is 1. The molecule has 26 heavy (non-hydrogen) atoms. The topological polar surface area (TPSA) is 47.6 Å². The van der Waals surface area contributed by atoms with Crippen LogP contribution in [0.3, 0.4) is 0 Å². The van der Waals surface area contributed by atoms with Crippen LogP contribution in [-0.4, -0.2) is 23.4 Å². The maximum absolute atomic E-state index is 11.8. The summed E-state index contributed by atoms with van der Waals surface area (Å²) in [5.41, 5.74) is 2.03. The Bertz CT molecular complexity index is 848. The van der Waals surface area contributed by atoms with E-state index in [-0.39, 0.29) is 5.91 Å². The first-order valence-corrected chi connectivity index (χ1v) is 9.50. The minimum absolute atomic E-state index is 0.165. The van der Waals surface area contributed by atoms with Gasteiger partial charge in [0.2, 0.25) is 0 Å². The summed E-state index contributed by atoms with van der Waals surface area (Å²) in [5, 5.41) is 2.62. The van der Waals surface area contributed by atoms with E-state index in [9.17, 15) is 4.79 Å². The zero-order valence-corrected chi connectivity index (χ0v) is 16.0. The van der Waals surface area contributed by atoms with E-state index in [0.29, 0.717) is 22.4 Å². The van der Waals surface area contributed by atoms with Crippen molar-refractivity contribution >= 4 is 40.3 Å². The van der Waals surface area contributed by atoms with E-state index < -0.39 is 0 Å². The van der Waals surface area contributed by atoms with Crippen molar-refractivity contribution in [1.82, 2.24) is 5.32 Å². The van der Waals surface area contributed by atoms with Gasteiger partial charge in [0.25, 0.3) is 5.91 Å². The predicted octanol–water partition coefficient (Wildman–Crippen LogP) is 4.33. The smallest absolute Gasteiger partial charge is 0.263 e. The predicted molar refractivity (Wildman–Crippen MR) is 110 cm³/mol. The molecule has 0 aromatic heterocycles. The first kappa shape index (κ1) is 18.5. The van der Waals surface area contributed by atoms with Crippen molar-refractivity contribution in [3.63, 3.8) is 0 Å². The van der Waals surface area contributed by atoms with E-state index in [1.165, 1.54) is 17.3 Å². The lowest BCUT2D eigenvalue weighted by molar-refractivity contribution is -0.115. The summed E-state index contributed by atoms with van der Waals surface area (Å²) in [6.45, 7) is 3.15. The molecule has 4 nitrogen and oxygen atoms in total. The highest BCUT2D eigenvalue weighted by atomic mass is 32.2. The molecular weight excluding hydrogens is 366 g/mol. The first-order chi connectivity index (χ1) is 12.6. The van der Waals surface area contributed by atoms with Gasteiger partial charge in [-0.1, -0.05) is 54.3 Å². The molecule has 6 heteroatoms. The lowest BCUT2D eigenvalue weighted by atomic mass is 10.2. The van der Waals surface area contributed by atoms with Crippen LogP contribution in [0.4, 0.5) is 0 Å². The van der Waals surface area contributed by atoms with E-state index in [4.69, 9.17) is 21.7 Å². The zero-order chi connectivity index (χ0) is 18.4. The Morgan fingerprint density at radius 2 is 1.92 bits per heavy atom. The van der Waals surface area contributed by atoms with Gasteiger partial charge in [-0.3, -0.25) is 4.79 Å². The van der Waals surface area contributed by atoms with Gasteiger partial charge in [0.15, 0.2) is 0 Å². The summed E-state index contributed by atoms with van der Waals surface area (Å²) in [7, 11) is 0. The van der Waals surface area contributed by atoms with Crippen molar-refractivity contribution < 1.29 is 14.3 Å². The van der Waals surface area contributed by atoms with Crippen LogP contribution in [0.2, 0.25) is 0 Å². The molecule has 0 unspecified atom stereocenters. The van der Waals surface area contributed by atoms with Gasteiger partial charge in [-0.05, 0) is 36.8 Å². The lowest BCUT2D eigenvalue weighted by Gasteiger charge is -2.10. The van der Waals surface area contributed by atoms with Gasteiger partial charge >= 0.3 is 0 Å². The van der Waals surface area contributed by atoms with Gasteiger partial charge in [0.05, 0.1) is 18.1 Å². The molecule has 0 saturated carbocycles. The number of ether oxygens (including phenoxy) is 2. The summed E-state index contributed by atoms with van der Waals surface area (Å²) in [6, 6.07) is 15.6. The number of thioether (sulfide) groups is 1. The van der Waals surface area contributed by atoms with Crippen molar-refractivity contribution in [2.45, 2.75) is 13.3 Å². The minimum Gasteiger partial charge on any atom is -0.493 e.